The van der Waals surface area contributed by atoms with E-state index >= 15 is 0 Å². The van der Waals surface area contributed by atoms with Crippen molar-refractivity contribution in [3.63, 3.8) is 0 Å². The maximum Gasteiger partial charge on any atom is 0.262 e. The molecule has 0 aliphatic heterocycles. The molecule has 6 nitrogen and oxygen atoms in total. The van der Waals surface area contributed by atoms with Gasteiger partial charge in [-0.15, -0.1) is 0 Å². The van der Waals surface area contributed by atoms with Gasteiger partial charge in [0.1, 0.15) is 5.75 Å². The van der Waals surface area contributed by atoms with Crippen molar-refractivity contribution in [1.82, 2.24) is 20.1 Å². The standard InChI is InChI=1S/C12H7BrN4O2/c13-7-2-3-9(18)8(6-7)12-16-11(17-19-12)10-14-4-1-5-15-10/h1-6,18H. The fourth-order valence-electron chi connectivity index (χ4n) is 1.52. The lowest BCUT2D eigenvalue weighted by Crippen LogP contribution is -1.88. The first-order chi connectivity index (χ1) is 9.24. The third-order valence-electron chi connectivity index (χ3n) is 2.38. The van der Waals surface area contributed by atoms with Gasteiger partial charge in [-0.25, -0.2) is 9.97 Å². The molecule has 0 saturated heterocycles. The van der Waals surface area contributed by atoms with Gasteiger partial charge in [-0.1, -0.05) is 21.1 Å². The number of nitrogens with zero attached hydrogens (tertiary/aromatic N) is 4. The molecule has 0 fully saturated rings. The first kappa shape index (κ1) is 11.8. The van der Waals surface area contributed by atoms with Crippen molar-refractivity contribution in [2.45, 2.75) is 0 Å². The first-order valence-electron chi connectivity index (χ1n) is 5.34. The van der Waals surface area contributed by atoms with E-state index in [2.05, 4.69) is 36.0 Å². The van der Waals surface area contributed by atoms with Crippen LogP contribution in [0.5, 0.6) is 5.75 Å². The van der Waals surface area contributed by atoms with E-state index in [4.69, 9.17) is 4.52 Å². The van der Waals surface area contributed by atoms with E-state index in [1.165, 1.54) is 0 Å². The second kappa shape index (κ2) is 4.77. The van der Waals surface area contributed by atoms with Crippen molar-refractivity contribution in [3.05, 3.63) is 41.1 Å². The van der Waals surface area contributed by atoms with Gasteiger partial charge in [0.05, 0.1) is 5.56 Å². The Morgan fingerprint density at radius 3 is 2.68 bits per heavy atom. The summed E-state index contributed by atoms with van der Waals surface area (Å²) in [5.74, 6) is 0.913. The van der Waals surface area contributed by atoms with E-state index in [0.717, 1.165) is 4.47 Å². The molecular formula is C12H7BrN4O2. The Hall–Kier alpha value is -2.28. The summed E-state index contributed by atoms with van der Waals surface area (Å²) in [6.07, 6.45) is 3.18. The molecule has 0 spiro atoms. The van der Waals surface area contributed by atoms with Gasteiger partial charge in [0.2, 0.25) is 11.6 Å². The quantitative estimate of drug-likeness (QED) is 0.781. The Bertz CT molecular complexity index is 715. The Kier molecular flexibility index (Phi) is 2.96. The van der Waals surface area contributed by atoms with Gasteiger partial charge in [-0.3, -0.25) is 0 Å². The number of phenols is 1. The molecular weight excluding hydrogens is 312 g/mol. The monoisotopic (exact) mass is 318 g/mol. The minimum absolute atomic E-state index is 0.0624. The number of hydrogen-bond donors (Lipinski definition) is 1. The Balaban J connectivity index is 2.04. The number of aromatic hydroxyl groups is 1. The van der Waals surface area contributed by atoms with Crippen LogP contribution in [0.4, 0.5) is 0 Å². The van der Waals surface area contributed by atoms with E-state index in [1.807, 2.05) is 0 Å². The molecule has 0 radical (unpaired) electrons. The molecule has 2 heterocycles. The van der Waals surface area contributed by atoms with Gasteiger partial charge in [0.15, 0.2) is 0 Å². The third-order valence-corrected chi connectivity index (χ3v) is 2.87. The van der Waals surface area contributed by atoms with E-state index in [1.54, 1.807) is 36.7 Å². The number of halogens is 1. The van der Waals surface area contributed by atoms with Crippen LogP contribution in [0.1, 0.15) is 0 Å². The molecule has 0 aliphatic rings. The molecule has 0 atom stereocenters. The lowest BCUT2D eigenvalue weighted by Gasteiger charge is -1.99. The van der Waals surface area contributed by atoms with Gasteiger partial charge >= 0.3 is 0 Å². The second-order valence-electron chi connectivity index (χ2n) is 3.66. The summed E-state index contributed by atoms with van der Waals surface area (Å²) in [6, 6.07) is 6.65. The molecule has 0 amide bonds. The number of benzene rings is 1. The van der Waals surface area contributed by atoms with Crippen LogP contribution in [0.25, 0.3) is 23.1 Å². The highest BCUT2D eigenvalue weighted by atomic mass is 79.9. The maximum absolute atomic E-state index is 9.79. The molecule has 0 saturated carbocycles. The fourth-order valence-corrected chi connectivity index (χ4v) is 1.88. The number of rotatable bonds is 2. The van der Waals surface area contributed by atoms with Gasteiger partial charge in [0.25, 0.3) is 5.89 Å². The summed E-state index contributed by atoms with van der Waals surface area (Å²) in [6.45, 7) is 0. The predicted molar refractivity (Wildman–Crippen MR) is 70.1 cm³/mol. The van der Waals surface area contributed by atoms with Crippen molar-refractivity contribution in [1.29, 1.82) is 0 Å². The lowest BCUT2D eigenvalue weighted by molar-refractivity contribution is 0.425. The Morgan fingerprint density at radius 2 is 1.89 bits per heavy atom. The van der Waals surface area contributed by atoms with Crippen LogP contribution in [-0.2, 0) is 0 Å². The molecule has 3 aromatic rings. The molecule has 19 heavy (non-hydrogen) atoms. The van der Waals surface area contributed by atoms with Gasteiger partial charge < -0.3 is 9.63 Å². The highest BCUT2D eigenvalue weighted by molar-refractivity contribution is 9.10. The van der Waals surface area contributed by atoms with Gasteiger partial charge in [-0.05, 0) is 24.3 Å². The molecule has 2 aromatic heterocycles. The summed E-state index contributed by atoms with van der Waals surface area (Å²) in [5.41, 5.74) is 0.448. The van der Waals surface area contributed by atoms with E-state index in [-0.39, 0.29) is 17.5 Å². The van der Waals surface area contributed by atoms with Crippen molar-refractivity contribution < 1.29 is 9.63 Å². The molecule has 0 bridgehead atoms. The minimum atomic E-state index is 0.0624. The largest absolute Gasteiger partial charge is 0.507 e. The average Bonchev–Trinajstić information content (AvgIpc) is 2.92. The smallest absolute Gasteiger partial charge is 0.262 e. The topological polar surface area (TPSA) is 84.9 Å². The first-order valence-corrected chi connectivity index (χ1v) is 6.13. The van der Waals surface area contributed by atoms with Crippen LogP contribution < -0.4 is 0 Å². The number of aromatic nitrogens is 4. The van der Waals surface area contributed by atoms with Crippen molar-refractivity contribution in [2.75, 3.05) is 0 Å². The normalized spacial score (nSPS) is 10.6. The molecule has 7 heteroatoms. The van der Waals surface area contributed by atoms with E-state index in [9.17, 15) is 5.11 Å². The number of hydrogen-bond acceptors (Lipinski definition) is 6. The highest BCUT2D eigenvalue weighted by Gasteiger charge is 2.15. The maximum atomic E-state index is 9.79. The van der Waals surface area contributed by atoms with Crippen molar-refractivity contribution >= 4 is 15.9 Å². The van der Waals surface area contributed by atoms with Crippen LogP contribution >= 0.6 is 15.9 Å². The Morgan fingerprint density at radius 1 is 1.11 bits per heavy atom. The summed E-state index contributed by atoms with van der Waals surface area (Å²) in [5, 5.41) is 13.6. The molecule has 1 aromatic carbocycles. The summed E-state index contributed by atoms with van der Waals surface area (Å²) < 4.78 is 5.92. The Labute approximate surface area is 116 Å². The van der Waals surface area contributed by atoms with Crippen LogP contribution in [0.2, 0.25) is 0 Å². The summed E-state index contributed by atoms with van der Waals surface area (Å²) >= 11 is 3.32. The minimum Gasteiger partial charge on any atom is -0.507 e. The van der Waals surface area contributed by atoms with E-state index in [0.29, 0.717) is 11.4 Å². The van der Waals surface area contributed by atoms with Crippen LogP contribution in [-0.4, -0.2) is 25.2 Å². The molecule has 0 unspecified atom stereocenters. The summed E-state index contributed by atoms with van der Waals surface area (Å²) in [4.78, 5) is 12.2. The molecule has 1 N–H and O–H groups in total. The van der Waals surface area contributed by atoms with Crippen LogP contribution in [0.3, 0.4) is 0 Å². The van der Waals surface area contributed by atoms with Crippen LogP contribution in [0.15, 0.2) is 45.7 Å². The third kappa shape index (κ3) is 2.32. The summed E-state index contributed by atoms with van der Waals surface area (Å²) in [7, 11) is 0. The van der Waals surface area contributed by atoms with Crippen LogP contribution in [0, 0.1) is 0 Å². The second-order valence-corrected chi connectivity index (χ2v) is 4.57. The average molecular weight is 319 g/mol. The van der Waals surface area contributed by atoms with Crippen molar-refractivity contribution in [3.8, 4) is 28.9 Å². The number of phenolic OH excluding ortho intramolecular Hbond substituents is 1. The SMILES string of the molecule is Oc1ccc(Br)cc1-c1nc(-c2ncccn2)no1. The van der Waals surface area contributed by atoms with E-state index < -0.39 is 0 Å². The predicted octanol–water partition coefficient (Wildman–Crippen LogP) is 2.66. The zero-order valence-electron chi connectivity index (χ0n) is 9.49. The lowest BCUT2D eigenvalue weighted by atomic mass is 10.2. The highest BCUT2D eigenvalue weighted by Crippen LogP contribution is 2.31. The van der Waals surface area contributed by atoms with Gasteiger partial charge in [-0.2, -0.15) is 4.98 Å². The zero-order chi connectivity index (χ0) is 13.2. The fraction of sp³-hybridized carbons (Fsp3) is 0. The molecule has 3 rings (SSSR count). The zero-order valence-corrected chi connectivity index (χ0v) is 11.1. The molecule has 0 aliphatic carbocycles. The molecule has 94 valence electrons. The van der Waals surface area contributed by atoms with Gasteiger partial charge in [0, 0.05) is 16.9 Å². The van der Waals surface area contributed by atoms with Crippen molar-refractivity contribution in [2.24, 2.45) is 0 Å².